The molecule has 0 aliphatic carbocycles. The highest BCUT2D eigenvalue weighted by molar-refractivity contribution is 7.22. The Balaban J connectivity index is 1.75. The minimum atomic E-state index is -0.830. The number of hydrogen-bond donors (Lipinski definition) is 1. The van der Waals surface area contributed by atoms with Crippen molar-refractivity contribution in [1.82, 2.24) is 24.0 Å². The standard InChI is InChI=1S/C32H26F2N6O4S/c1-38(2)15-22-26-30(42)40(17-9-12-25(44-3)37-14-17)32(43)39(16-21-23(33)7-4-8-24(21)34)31(26)45-28(22)19-10-11-20(29(35)41)27-18(19)6-5-13-36-27/h4-14H,15-16H2,1-3H3,(H2,35,41). The molecule has 0 fully saturated rings. The number of primary amides is 1. The summed E-state index contributed by atoms with van der Waals surface area (Å²) in [6, 6.07) is 13.3. The van der Waals surface area contributed by atoms with E-state index in [2.05, 4.69) is 9.97 Å². The average Bonchev–Trinajstić information content (AvgIpc) is 3.38. The Kier molecular flexibility index (Phi) is 7.73. The Labute approximate surface area is 258 Å². The second kappa shape index (κ2) is 11.7. The highest BCUT2D eigenvalue weighted by atomic mass is 32.1. The van der Waals surface area contributed by atoms with Crippen LogP contribution in [-0.4, -0.2) is 51.1 Å². The van der Waals surface area contributed by atoms with Gasteiger partial charge in [0.1, 0.15) is 16.5 Å². The van der Waals surface area contributed by atoms with Crippen LogP contribution >= 0.6 is 11.3 Å². The molecule has 6 aromatic rings. The smallest absolute Gasteiger partial charge is 0.337 e. The molecule has 0 atom stereocenters. The van der Waals surface area contributed by atoms with Crippen LogP contribution < -0.4 is 21.7 Å². The first-order valence-electron chi connectivity index (χ1n) is 13.7. The van der Waals surface area contributed by atoms with E-state index in [-0.39, 0.29) is 39.5 Å². The van der Waals surface area contributed by atoms with Crippen LogP contribution in [0.25, 0.3) is 37.2 Å². The van der Waals surface area contributed by atoms with Crippen LogP contribution in [0.4, 0.5) is 8.78 Å². The van der Waals surface area contributed by atoms with Gasteiger partial charge in [-0.2, -0.15) is 0 Å². The second-order valence-corrected chi connectivity index (χ2v) is 11.5. The largest absolute Gasteiger partial charge is 0.481 e. The van der Waals surface area contributed by atoms with Crippen molar-refractivity contribution in [1.29, 1.82) is 0 Å². The first-order valence-corrected chi connectivity index (χ1v) is 14.5. The van der Waals surface area contributed by atoms with Gasteiger partial charge in [-0.3, -0.25) is 19.1 Å². The van der Waals surface area contributed by atoms with E-state index in [1.807, 2.05) is 19.0 Å². The van der Waals surface area contributed by atoms with Gasteiger partial charge in [-0.25, -0.2) is 23.1 Å². The molecule has 4 heterocycles. The maximum absolute atomic E-state index is 15.0. The van der Waals surface area contributed by atoms with Crippen LogP contribution in [0.2, 0.25) is 0 Å². The number of nitrogens with zero attached hydrogens (tertiary/aromatic N) is 5. The molecule has 6 rings (SSSR count). The van der Waals surface area contributed by atoms with Gasteiger partial charge in [0.15, 0.2) is 0 Å². The number of methoxy groups -OCH3 is 1. The minimum absolute atomic E-state index is 0.152. The molecule has 0 unspecified atom stereocenters. The molecule has 2 N–H and O–H groups in total. The maximum atomic E-state index is 15.0. The van der Waals surface area contributed by atoms with Gasteiger partial charge in [-0.1, -0.05) is 18.2 Å². The van der Waals surface area contributed by atoms with Crippen LogP contribution in [0.1, 0.15) is 21.5 Å². The molecular weight excluding hydrogens is 602 g/mol. The van der Waals surface area contributed by atoms with Gasteiger partial charge in [0.2, 0.25) is 5.88 Å². The fourth-order valence-corrected chi connectivity index (χ4v) is 6.69. The summed E-state index contributed by atoms with van der Waals surface area (Å²) in [7, 11) is 5.10. The molecule has 10 nitrogen and oxygen atoms in total. The molecule has 2 aromatic carbocycles. The third-order valence-corrected chi connectivity index (χ3v) is 8.68. The Hall–Kier alpha value is -5.27. The van der Waals surface area contributed by atoms with Gasteiger partial charge in [0.25, 0.3) is 11.5 Å². The lowest BCUT2D eigenvalue weighted by molar-refractivity contribution is 0.100. The third kappa shape index (κ3) is 5.15. The fourth-order valence-electron chi connectivity index (χ4n) is 5.36. The van der Waals surface area contributed by atoms with E-state index in [4.69, 9.17) is 10.5 Å². The summed E-state index contributed by atoms with van der Waals surface area (Å²) in [5.74, 6) is -2.04. The summed E-state index contributed by atoms with van der Waals surface area (Å²) < 4.78 is 37.2. The van der Waals surface area contributed by atoms with Gasteiger partial charge < -0.3 is 15.4 Å². The van der Waals surface area contributed by atoms with Crippen molar-refractivity contribution in [3.05, 3.63) is 116 Å². The number of carbonyl (C=O) groups is 1. The SMILES string of the molecule is COc1ccc(-n2c(=O)c3c(CN(C)C)c(-c4ccc(C(N)=O)c5ncccc45)sc3n(Cc3c(F)cccc3F)c2=O)cn1. The molecule has 0 radical (unpaired) electrons. The van der Waals surface area contributed by atoms with Gasteiger partial charge in [0.05, 0.1) is 42.0 Å². The summed E-state index contributed by atoms with van der Waals surface area (Å²) in [5.41, 5.74) is 5.86. The predicted molar refractivity (Wildman–Crippen MR) is 168 cm³/mol. The summed E-state index contributed by atoms with van der Waals surface area (Å²) in [4.78, 5) is 52.0. The quantitative estimate of drug-likeness (QED) is 0.266. The lowest BCUT2D eigenvalue weighted by atomic mass is 9.99. The van der Waals surface area contributed by atoms with Crippen LogP contribution in [0, 0.1) is 11.6 Å². The lowest BCUT2D eigenvalue weighted by Crippen LogP contribution is -2.39. The topological polar surface area (TPSA) is 125 Å². The number of ether oxygens (including phenoxy) is 1. The fraction of sp³-hybridized carbons (Fsp3) is 0.156. The summed E-state index contributed by atoms with van der Waals surface area (Å²) in [6.45, 7) is -0.209. The first kappa shape index (κ1) is 29.8. The van der Waals surface area contributed by atoms with Crippen molar-refractivity contribution in [2.24, 2.45) is 5.73 Å². The monoisotopic (exact) mass is 628 g/mol. The zero-order chi connectivity index (χ0) is 32.0. The van der Waals surface area contributed by atoms with Crippen molar-refractivity contribution in [3.63, 3.8) is 0 Å². The van der Waals surface area contributed by atoms with Gasteiger partial charge >= 0.3 is 5.69 Å². The molecule has 13 heteroatoms. The van der Waals surface area contributed by atoms with E-state index in [0.717, 1.165) is 28.0 Å². The number of halogens is 2. The molecule has 0 saturated carbocycles. The second-order valence-electron chi connectivity index (χ2n) is 10.5. The van der Waals surface area contributed by atoms with Crippen LogP contribution in [0.3, 0.4) is 0 Å². The number of rotatable bonds is 8. The normalized spacial score (nSPS) is 11.5. The van der Waals surface area contributed by atoms with Gasteiger partial charge in [-0.05, 0) is 50.0 Å². The van der Waals surface area contributed by atoms with E-state index in [9.17, 15) is 23.2 Å². The Bertz CT molecular complexity index is 2220. The summed E-state index contributed by atoms with van der Waals surface area (Å²) in [5, 5.41) is 0.806. The predicted octanol–water partition coefficient (Wildman–Crippen LogP) is 4.32. The van der Waals surface area contributed by atoms with Crippen molar-refractivity contribution < 1.29 is 18.3 Å². The zero-order valence-corrected chi connectivity index (χ0v) is 25.2. The number of amides is 1. The van der Waals surface area contributed by atoms with Crippen molar-refractivity contribution in [2.75, 3.05) is 21.2 Å². The maximum Gasteiger partial charge on any atom is 0.337 e. The molecule has 0 aliphatic heterocycles. The highest BCUT2D eigenvalue weighted by Crippen LogP contribution is 2.41. The number of pyridine rings is 2. The first-order chi connectivity index (χ1) is 21.6. The van der Waals surface area contributed by atoms with E-state index in [1.54, 1.807) is 30.5 Å². The van der Waals surface area contributed by atoms with Crippen molar-refractivity contribution in [3.8, 4) is 22.0 Å². The van der Waals surface area contributed by atoms with Crippen LogP contribution in [0.5, 0.6) is 5.88 Å². The highest BCUT2D eigenvalue weighted by Gasteiger charge is 2.26. The summed E-state index contributed by atoms with van der Waals surface area (Å²) >= 11 is 1.14. The molecule has 0 bridgehead atoms. The van der Waals surface area contributed by atoms with E-state index >= 15 is 0 Å². The number of thiophene rings is 1. The number of nitrogens with two attached hydrogens (primary N) is 1. The molecule has 0 saturated heterocycles. The van der Waals surface area contributed by atoms with Crippen molar-refractivity contribution in [2.45, 2.75) is 13.1 Å². The zero-order valence-electron chi connectivity index (χ0n) is 24.4. The van der Waals surface area contributed by atoms with Crippen LogP contribution in [-0.2, 0) is 13.1 Å². The molecular formula is C32H26F2N6O4S. The molecule has 1 amide bonds. The van der Waals surface area contributed by atoms with E-state index < -0.39 is 35.3 Å². The molecule has 45 heavy (non-hydrogen) atoms. The van der Waals surface area contributed by atoms with E-state index in [0.29, 0.717) is 26.9 Å². The number of hydrogen-bond acceptors (Lipinski definition) is 8. The Morgan fingerprint density at radius 3 is 2.40 bits per heavy atom. The molecule has 0 aliphatic rings. The third-order valence-electron chi connectivity index (χ3n) is 7.39. The number of aromatic nitrogens is 4. The van der Waals surface area contributed by atoms with Crippen LogP contribution in [0.15, 0.2) is 76.6 Å². The Morgan fingerprint density at radius 2 is 1.76 bits per heavy atom. The lowest BCUT2D eigenvalue weighted by Gasteiger charge is -2.15. The Morgan fingerprint density at radius 1 is 1.00 bits per heavy atom. The van der Waals surface area contributed by atoms with E-state index in [1.165, 1.54) is 36.1 Å². The summed E-state index contributed by atoms with van der Waals surface area (Å²) in [6.07, 6.45) is 2.87. The minimum Gasteiger partial charge on any atom is -0.481 e. The number of carbonyl (C=O) groups excluding carboxylic acids is 1. The van der Waals surface area contributed by atoms with Gasteiger partial charge in [0, 0.05) is 40.2 Å². The van der Waals surface area contributed by atoms with Crippen molar-refractivity contribution >= 4 is 38.4 Å². The average molecular weight is 629 g/mol. The van der Waals surface area contributed by atoms with Gasteiger partial charge in [-0.15, -0.1) is 11.3 Å². The molecule has 228 valence electrons. The molecule has 4 aromatic heterocycles. The number of fused-ring (bicyclic) bond motifs is 2. The number of benzene rings is 2. The molecule has 0 spiro atoms.